The van der Waals surface area contributed by atoms with E-state index in [1.807, 2.05) is 0 Å². The van der Waals surface area contributed by atoms with Crippen LogP contribution in [0.15, 0.2) is 48.5 Å². The fourth-order valence-electron chi connectivity index (χ4n) is 2.49. The van der Waals surface area contributed by atoms with Crippen LogP contribution in [0.4, 0.5) is 13.2 Å². The second-order valence-corrected chi connectivity index (χ2v) is 6.46. The van der Waals surface area contributed by atoms with Gasteiger partial charge in [-0.05, 0) is 50.2 Å². The molecule has 9 heteroatoms. The molecule has 0 radical (unpaired) electrons. The molecule has 1 aliphatic heterocycles. The number of hydroxylamine groups is 2. The molecule has 146 valence electrons. The van der Waals surface area contributed by atoms with E-state index in [0.29, 0.717) is 5.06 Å². The molecule has 0 aliphatic carbocycles. The number of nitrogens with zero attached hydrogens (tertiary/aromatic N) is 1. The van der Waals surface area contributed by atoms with Crippen molar-refractivity contribution in [3.63, 3.8) is 0 Å². The van der Waals surface area contributed by atoms with Gasteiger partial charge in [-0.3, -0.25) is 9.59 Å². The molecule has 0 spiro atoms. The molecule has 0 bridgehead atoms. The number of carbonyl (C=O) groups is 3. The minimum atomic E-state index is -4.50. The number of hydrogen-bond donors (Lipinski definition) is 0. The lowest BCUT2D eigenvalue weighted by atomic mass is 10.1. The summed E-state index contributed by atoms with van der Waals surface area (Å²) in [6, 6.07) is 9.70. The van der Waals surface area contributed by atoms with Crippen molar-refractivity contribution in [3.8, 4) is 5.75 Å². The Bertz CT molecular complexity index is 916. The number of carbonyl (C=O) groups excluding carboxylic acids is 3. The third kappa shape index (κ3) is 3.55. The number of fused-ring (bicyclic) bond motifs is 1. The number of hydrogen-bond acceptors (Lipinski definition) is 5. The maximum absolute atomic E-state index is 12.6. The predicted octanol–water partition coefficient (Wildman–Crippen LogP) is 3.62. The van der Waals surface area contributed by atoms with Crippen molar-refractivity contribution >= 4 is 17.8 Å². The molecule has 0 saturated carbocycles. The highest BCUT2D eigenvalue weighted by molar-refractivity contribution is 6.20. The van der Waals surface area contributed by atoms with E-state index >= 15 is 0 Å². The van der Waals surface area contributed by atoms with Gasteiger partial charge in [-0.25, -0.2) is 4.79 Å². The molecule has 0 aromatic heterocycles. The van der Waals surface area contributed by atoms with Crippen LogP contribution in [-0.2, 0) is 15.8 Å². The Morgan fingerprint density at radius 2 is 1.39 bits per heavy atom. The lowest BCUT2D eigenvalue weighted by Crippen LogP contribution is -2.45. The number of rotatable bonds is 4. The molecule has 3 rings (SSSR count). The van der Waals surface area contributed by atoms with E-state index in [4.69, 9.17) is 9.57 Å². The summed E-state index contributed by atoms with van der Waals surface area (Å²) >= 11 is 0. The van der Waals surface area contributed by atoms with Crippen molar-refractivity contribution in [1.82, 2.24) is 5.06 Å². The van der Waals surface area contributed by atoms with Gasteiger partial charge >= 0.3 is 12.1 Å². The van der Waals surface area contributed by atoms with E-state index < -0.39 is 35.1 Å². The van der Waals surface area contributed by atoms with Crippen LogP contribution < -0.4 is 4.74 Å². The number of imide groups is 1. The normalized spacial score (nSPS) is 14.1. The van der Waals surface area contributed by atoms with Crippen LogP contribution >= 0.6 is 0 Å². The van der Waals surface area contributed by atoms with Gasteiger partial charge in [-0.15, -0.1) is 0 Å². The average molecular weight is 393 g/mol. The molecule has 0 atom stereocenters. The van der Waals surface area contributed by atoms with Gasteiger partial charge in [0.05, 0.1) is 16.7 Å². The van der Waals surface area contributed by atoms with Crippen LogP contribution in [0.25, 0.3) is 0 Å². The topological polar surface area (TPSA) is 72.9 Å². The monoisotopic (exact) mass is 393 g/mol. The summed E-state index contributed by atoms with van der Waals surface area (Å²) in [5.41, 5.74) is -2.36. The molecule has 0 saturated heterocycles. The number of ether oxygens (including phenoxy) is 1. The molecule has 6 nitrogen and oxygen atoms in total. The van der Waals surface area contributed by atoms with Gasteiger partial charge in [-0.1, -0.05) is 17.2 Å². The van der Waals surface area contributed by atoms with Gasteiger partial charge in [0.2, 0.25) is 5.60 Å². The molecular formula is C19H14F3NO5. The maximum Gasteiger partial charge on any atom is 0.416 e. The summed E-state index contributed by atoms with van der Waals surface area (Å²) in [6.45, 7) is 2.59. The molecule has 2 aromatic carbocycles. The first-order valence-corrected chi connectivity index (χ1v) is 8.07. The summed E-state index contributed by atoms with van der Waals surface area (Å²) in [5.74, 6) is -2.67. The van der Waals surface area contributed by atoms with E-state index in [9.17, 15) is 27.6 Å². The molecule has 1 heterocycles. The highest BCUT2D eigenvalue weighted by Crippen LogP contribution is 2.31. The Morgan fingerprint density at radius 3 is 1.86 bits per heavy atom. The molecule has 0 N–H and O–H groups in total. The van der Waals surface area contributed by atoms with Crippen LogP contribution in [0.3, 0.4) is 0 Å². The number of halogens is 3. The largest absolute Gasteiger partial charge is 0.476 e. The van der Waals surface area contributed by atoms with Gasteiger partial charge in [-0.2, -0.15) is 13.2 Å². The molecular weight excluding hydrogens is 379 g/mol. The van der Waals surface area contributed by atoms with E-state index in [1.165, 1.54) is 26.0 Å². The van der Waals surface area contributed by atoms with Crippen molar-refractivity contribution in [2.24, 2.45) is 0 Å². The number of alkyl halides is 3. The van der Waals surface area contributed by atoms with Crippen molar-refractivity contribution in [2.45, 2.75) is 25.6 Å². The predicted molar refractivity (Wildman–Crippen MR) is 89.2 cm³/mol. The van der Waals surface area contributed by atoms with Gasteiger partial charge in [0.25, 0.3) is 11.8 Å². The van der Waals surface area contributed by atoms with Crippen molar-refractivity contribution in [2.75, 3.05) is 0 Å². The second kappa shape index (κ2) is 6.66. The Kier molecular flexibility index (Phi) is 4.62. The molecule has 0 unspecified atom stereocenters. The Hall–Kier alpha value is -3.36. The van der Waals surface area contributed by atoms with Crippen LogP contribution in [-0.4, -0.2) is 28.4 Å². The van der Waals surface area contributed by atoms with Crippen LogP contribution in [0.2, 0.25) is 0 Å². The first-order chi connectivity index (χ1) is 13.0. The van der Waals surface area contributed by atoms with Crippen molar-refractivity contribution in [3.05, 3.63) is 65.2 Å². The third-order valence-electron chi connectivity index (χ3n) is 3.98. The van der Waals surface area contributed by atoms with E-state index in [1.54, 1.807) is 12.1 Å². The van der Waals surface area contributed by atoms with Crippen LogP contribution in [0.1, 0.15) is 40.1 Å². The quantitative estimate of drug-likeness (QED) is 0.742. The van der Waals surface area contributed by atoms with Gasteiger partial charge in [0.1, 0.15) is 5.75 Å². The summed E-state index contributed by atoms with van der Waals surface area (Å²) in [7, 11) is 0. The molecule has 0 fully saturated rings. The smallest absolute Gasteiger partial charge is 0.416 e. The zero-order chi connectivity index (χ0) is 20.7. The van der Waals surface area contributed by atoms with Gasteiger partial charge in [0, 0.05) is 0 Å². The number of amides is 2. The van der Waals surface area contributed by atoms with E-state index in [2.05, 4.69) is 0 Å². The Balaban J connectivity index is 1.72. The zero-order valence-corrected chi connectivity index (χ0v) is 14.7. The zero-order valence-electron chi connectivity index (χ0n) is 14.7. The summed E-state index contributed by atoms with van der Waals surface area (Å²) in [6.07, 6.45) is -4.50. The minimum absolute atomic E-state index is 0.0164. The highest BCUT2D eigenvalue weighted by Gasteiger charge is 2.42. The van der Waals surface area contributed by atoms with Gasteiger partial charge < -0.3 is 9.57 Å². The maximum atomic E-state index is 12.6. The first-order valence-electron chi connectivity index (χ1n) is 8.07. The first kappa shape index (κ1) is 19.4. The van der Waals surface area contributed by atoms with Crippen LogP contribution in [0.5, 0.6) is 5.75 Å². The Morgan fingerprint density at radius 1 is 0.893 bits per heavy atom. The van der Waals surface area contributed by atoms with Crippen LogP contribution in [0, 0.1) is 0 Å². The Labute approximate surface area is 157 Å². The second-order valence-electron chi connectivity index (χ2n) is 6.46. The average Bonchev–Trinajstić information content (AvgIpc) is 2.86. The highest BCUT2D eigenvalue weighted by atomic mass is 19.4. The fraction of sp³-hybridized carbons (Fsp3) is 0.211. The molecule has 28 heavy (non-hydrogen) atoms. The lowest BCUT2D eigenvalue weighted by molar-refractivity contribution is -0.184. The summed E-state index contributed by atoms with van der Waals surface area (Å²) < 4.78 is 43.2. The molecule has 2 aromatic rings. The van der Waals surface area contributed by atoms with Crippen molar-refractivity contribution < 1.29 is 37.1 Å². The molecule has 2 amide bonds. The number of benzene rings is 2. The summed E-state index contributed by atoms with van der Waals surface area (Å²) in [5, 5.41) is 0.338. The summed E-state index contributed by atoms with van der Waals surface area (Å²) in [4.78, 5) is 41.8. The molecule has 1 aliphatic rings. The standard InChI is InChI=1S/C19H14F3NO5/c1-18(2,27-12-9-7-11(8-10-12)19(20,21)22)17(26)28-23-15(24)13-5-3-4-6-14(13)16(23)25/h3-10H,1-2H3. The van der Waals surface area contributed by atoms with Gasteiger partial charge in [0.15, 0.2) is 0 Å². The fourth-order valence-corrected chi connectivity index (χ4v) is 2.49. The van der Waals surface area contributed by atoms with E-state index in [0.717, 1.165) is 24.3 Å². The van der Waals surface area contributed by atoms with E-state index in [-0.39, 0.29) is 16.9 Å². The van der Waals surface area contributed by atoms with Crippen molar-refractivity contribution in [1.29, 1.82) is 0 Å². The minimum Gasteiger partial charge on any atom is -0.476 e. The SMILES string of the molecule is CC(C)(Oc1ccc(C(F)(F)F)cc1)C(=O)ON1C(=O)c2ccccc2C1=O. The lowest BCUT2D eigenvalue weighted by Gasteiger charge is -2.25. The third-order valence-corrected chi connectivity index (χ3v) is 3.98.